The molecule has 3 nitrogen and oxygen atoms in total. The van der Waals surface area contributed by atoms with Crippen molar-refractivity contribution in [1.82, 2.24) is 0 Å². The number of benzene rings is 1. The number of hydrogen-bond donors (Lipinski definition) is 1. The summed E-state index contributed by atoms with van der Waals surface area (Å²) in [6.07, 6.45) is -0.836. The van der Waals surface area contributed by atoms with Crippen LogP contribution in [0.25, 0.3) is 0 Å². The first-order valence-electron chi connectivity index (χ1n) is 5.36. The second-order valence-corrected chi connectivity index (χ2v) is 8.68. The molecule has 0 radical (unpaired) electrons. The van der Waals surface area contributed by atoms with Crippen LogP contribution in [0, 0.1) is 6.92 Å². The zero-order valence-corrected chi connectivity index (χ0v) is 12.1. The summed E-state index contributed by atoms with van der Waals surface area (Å²) in [7, 11) is 0. The van der Waals surface area contributed by atoms with Gasteiger partial charge in [0.05, 0.1) is 0 Å². The molecule has 1 aliphatic heterocycles. The van der Waals surface area contributed by atoms with Crippen molar-refractivity contribution in [1.29, 1.82) is 0 Å². The van der Waals surface area contributed by atoms with E-state index in [1.54, 1.807) is 0 Å². The molecule has 1 aliphatic rings. The summed E-state index contributed by atoms with van der Waals surface area (Å²) in [5.74, 6) is 0. The number of anilines is 1. The third-order valence-corrected chi connectivity index (χ3v) is 5.96. The molecule has 1 fully saturated rings. The number of para-hydroxylation sites is 1. The van der Waals surface area contributed by atoms with E-state index in [2.05, 4.69) is 40.1 Å². The Labute approximate surface area is 104 Å². The Kier molecular flexibility index (Phi) is 3.88. The van der Waals surface area contributed by atoms with E-state index in [0.29, 0.717) is 0 Å². The van der Waals surface area contributed by atoms with Crippen molar-refractivity contribution >= 4 is 26.9 Å². The number of rotatable bonds is 2. The Morgan fingerprint density at radius 1 is 1.44 bits per heavy atom. The molecule has 0 saturated carbocycles. The van der Waals surface area contributed by atoms with Gasteiger partial charge in [-0.3, -0.25) is 0 Å². The molecule has 1 N–H and O–H groups in total. The summed E-state index contributed by atoms with van der Waals surface area (Å²) in [6.45, 7) is 4.90. The van der Waals surface area contributed by atoms with Gasteiger partial charge in [-0.1, -0.05) is 0 Å². The molecule has 1 aromatic rings. The molecule has 0 amide bonds. The van der Waals surface area contributed by atoms with Gasteiger partial charge in [-0.2, -0.15) is 0 Å². The molecule has 2 atom stereocenters. The van der Waals surface area contributed by atoms with Gasteiger partial charge in [-0.15, -0.1) is 0 Å². The van der Waals surface area contributed by atoms with Gasteiger partial charge in [0.25, 0.3) is 0 Å². The quantitative estimate of drug-likeness (QED) is 0.673. The molecular weight excluding hydrogens is 288 g/mol. The van der Waals surface area contributed by atoms with Gasteiger partial charge in [-0.25, -0.2) is 0 Å². The van der Waals surface area contributed by atoms with Crippen LogP contribution in [0.2, 0.25) is 0 Å². The first kappa shape index (κ1) is 12.3. The molecule has 0 spiro atoms. The van der Waals surface area contributed by atoms with Gasteiger partial charge < -0.3 is 0 Å². The molecule has 1 heterocycles. The summed E-state index contributed by atoms with van der Waals surface area (Å²) in [5.41, 5.74) is 2.27. The third kappa shape index (κ3) is 2.97. The van der Waals surface area contributed by atoms with Crippen LogP contribution in [-0.4, -0.2) is 27.8 Å². The van der Waals surface area contributed by atoms with Crippen LogP contribution in [0.1, 0.15) is 18.9 Å². The molecule has 0 aliphatic carbocycles. The maximum absolute atomic E-state index is 5.85. The Morgan fingerprint density at radius 2 is 2.19 bits per heavy atom. The minimum absolute atomic E-state index is 0.250. The van der Waals surface area contributed by atoms with Crippen LogP contribution in [0.4, 0.5) is 5.69 Å². The molecular formula is C11H16NO2PSe. The topological polar surface area (TPSA) is 30.5 Å². The summed E-state index contributed by atoms with van der Waals surface area (Å²) in [5, 5.41) is 3.37. The Hall–Kier alpha value is -0.111. The first-order valence-corrected chi connectivity index (χ1v) is 9.20. The van der Waals surface area contributed by atoms with Gasteiger partial charge in [-0.05, 0) is 0 Å². The molecule has 16 heavy (non-hydrogen) atoms. The second kappa shape index (κ2) is 5.03. The monoisotopic (exact) mass is 305 g/mol. The van der Waals surface area contributed by atoms with Gasteiger partial charge in [0, 0.05) is 0 Å². The van der Waals surface area contributed by atoms with Crippen molar-refractivity contribution in [3.8, 4) is 0 Å². The third-order valence-electron chi connectivity index (χ3n) is 2.51. The number of nitrogens with one attached hydrogen (secondary N) is 1. The van der Waals surface area contributed by atoms with Gasteiger partial charge in [0.15, 0.2) is 0 Å². The van der Waals surface area contributed by atoms with E-state index >= 15 is 0 Å². The summed E-state index contributed by atoms with van der Waals surface area (Å²) >= 11 is 3.05. The van der Waals surface area contributed by atoms with E-state index in [0.717, 1.165) is 18.7 Å². The molecule has 5 heteroatoms. The van der Waals surface area contributed by atoms with Crippen LogP contribution in [0.15, 0.2) is 24.3 Å². The van der Waals surface area contributed by atoms with E-state index in [9.17, 15) is 0 Å². The van der Waals surface area contributed by atoms with Gasteiger partial charge >= 0.3 is 104 Å². The number of hydrogen-bond acceptors (Lipinski definition) is 3. The Morgan fingerprint density at radius 3 is 2.88 bits per heavy atom. The summed E-state index contributed by atoms with van der Waals surface area (Å²) in [6, 6.07) is 8.15. The van der Waals surface area contributed by atoms with E-state index in [1.165, 1.54) is 5.56 Å². The molecule has 0 unspecified atom stereocenters. The van der Waals surface area contributed by atoms with E-state index in [1.807, 2.05) is 18.2 Å². The molecule has 0 bridgehead atoms. The van der Waals surface area contributed by atoms with Gasteiger partial charge in [0.2, 0.25) is 0 Å². The fourth-order valence-electron chi connectivity index (χ4n) is 1.56. The molecule has 88 valence electrons. The Balaban J connectivity index is 2.15. The summed E-state index contributed by atoms with van der Waals surface area (Å²) < 4.78 is 11.6. The zero-order valence-electron chi connectivity index (χ0n) is 9.47. The first-order chi connectivity index (χ1) is 7.59. The number of aryl methyl sites for hydroxylation is 1. The Bertz CT molecular complexity index is 424. The van der Waals surface area contributed by atoms with Crippen molar-refractivity contribution in [3.63, 3.8) is 0 Å². The van der Waals surface area contributed by atoms with Crippen molar-refractivity contribution in [2.45, 2.75) is 26.4 Å². The fourth-order valence-corrected chi connectivity index (χ4v) is 5.23. The molecule has 1 aromatic carbocycles. The fraction of sp³-hybridized carbons (Fsp3) is 0.455. The van der Waals surface area contributed by atoms with Gasteiger partial charge in [0.1, 0.15) is 0 Å². The van der Waals surface area contributed by atoms with Crippen molar-refractivity contribution in [2.24, 2.45) is 0 Å². The normalized spacial score (nSPS) is 30.0. The van der Waals surface area contributed by atoms with Crippen molar-refractivity contribution < 1.29 is 9.05 Å². The van der Waals surface area contributed by atoms with Crippen LogP contribution in [-0.2, 0) is 9.05 Å². The molecule has 1 saturated heterocycles. The maximum atomic E-state index is 5.85. The SMILES string of the molecule is Cc1ccccc1N[P@]1(=[Se])OCC[C@H](C)O1. The zero-order chi connectivity index (χ0) is 11.6. The predicted molar refractivity (Wildman–Crippen MR) is 68.6 cm³/mol. The predicted octanol–water partition coefficient (Wildman–Crippen LogP) is 3.08. The average molecular weight is 304 g/mol. The van der Waals surface area contributed by atoms with Crippen LogP contribution in [0.3, 0.4) is 0 Å². The standard InChI is InChI=1S/C11H16NO2PSe/c1-9-5-3-4-6-11(9)12-15(16)13-8-7-10(2)14-15/h3-6,10H,7-8H2,1-2H3,(H,12,16)/t10-,15-/m0/s1. The molecule has 2 rings (SSSR count). The van der Waals surface area contributed by atoms with Crippen LogP contribution < -0.4 is 5.09 Å². The van der Waals surface area contributed by atoms with E-state index in [-0.39, 0.29) is 6.10 Å². The second-order valence-electron chi connectivity index (χ2n) is 3.96. The minimum atomic E-state index is -2.04. The average Bonchev–Trinajstić information content (AvgIpc) is 2.21. The van der Waals surface area contributed by atoms with Crippen molar-refractivity contribution in [2.75, 3.05) is 11.7 Å². The van der Waals surface area contributed by atoms with Crippen LogP contribution in [0.5, 0.6) is 0 Å². The molecule has 0 aromatic heterocycles. The van der Waals surface area contributed by atoms with Crippen LogP contribution >= 0.6 is 6.11 Å². The van der Waals surface area contributed by atoms with Crippen molar-refractivity contribution in [3.05, 3.63) is 29.8 Å². The summed E-state index contributed by atoms with van der Waals surface area (Å²) in [4.78, 5) is 0. The van der Waals surface area contributed by atoms with E-state index in [4.69, 9.17) is 9.05 Å². The van der Waals surface area contributed by atoms with E-state index < -0.39 is 6.11 Å².